The molecule has 0 unspecified atom stereocenters. The summed E-state index contributed by atoms with van der Waals surface area (Å²) in [5.74, 6) is 0.813. The number of benzene rings is 2. The van der Waals surface area contributed by atoms with Crippen LogP contribution in [0.15, 0.2) is 57.9 Å². The highest BCUT2D eigenvalue weighted by molar-refractivity contribution is 7.90. The van der Waals surface area contributed by atoms with Gasteiger partial charge in [0, 0.05) is 11.8 Å². The Morgan fingerprint density at radius 2 is 1.52 bits per heavy atom. The minimum atomic E-state index is -3.23. The number of hydrogen-bond acceptors (Lipinski definition) is 5. The van der Waals surface area contributed by atoms with Gasteiger partial charge in [0.2, 0.25) is 0 Å². The summed E-state index contributed by atoms with van der Waals surface area (Å²) in [6.45, 7) is 1.80. The van der Waals surface area contributed by atoms with Gasteiger partial charge in [-0.05, 0) is 48.9 Å². The van der Waals surface area contributed by atoms with E-state index in [2.05, 4.69) is 5.16 Å². The summed E-state index contributed by atoms with van der Waals surface area (Å²) in [6, 6.07) is 13.3. The minimum Gasteiger partial charge on any atom is -0.508 e. The first kappa shape index (κ1) is 15.3. The van der Waals surface area contributed by atoms with Gasteiger partial charge < -0.3 is 9.63 Å². The van der Waals surface area contributed by atoms with Crippen molar-refractivity contribution >= 4 is 9.84 Å². The predicted octanol–water partition coefficient (Wildman–Crippen LogP) is 3.43. The first-order chi connectivity index (χ1) is 10.9. The maximum atomic E-state index is 11.6. The first-order valence-corrected chi connectivity index (χ1v) is 8.81. The molecule has 0 aliphatic heterocycles. The zero-order valence-electron chi connectivity index (χ0n) is 12.6. The summed E-state index contributed by atoms with van der Waals surface area (Å²) in [7, 11) is -3.23. The molecule has 0 radical (unpaired) electrons. The van der Waals surface area contributed by atoms with E-state index in [1.165, 1.54) is 6.26 Å². The van der Waals surface area contributed by atoms with Crippen LogP contribution in [0.1, 0.15) is 5.76 Å². The van der Waals surface area contributed by atoms with Gasteiger partial charge in [-0.3, -0.25) is 0 Å². The molecule has 2 aromatic carbocycles. The molecule has 0 atom stereocenters. The number of sulfone groups is 1. The molecule has 1 aromatic heterocycles. The van der Waals surface area contributed by atoms with Crippen LogP contribution in [0.4, 0.5) is 0 Å². The Morgan fingerprint density at radius 3 is 2.09 bits per heavy atom. The van der Waals surface area contributed by atoms with E-state index in [0.717, 1.165) is 16.7 Å². The fourth-order valence-corrected chi connectivity index (χ4v) is 3.03. The average Bonchev–Trinajstić information content (AvgIpc) is 2.89. The van der Waals surface area contributed by atoms with Crippen LogP contribution in [0.5, 0.6) is 5.75 Å². The van der Waals surface area contributed by atoms with Gasteiger partial charge in [0.15, 0.2) is 9.84 Å². The second kappa shape index (κ2) is 5.55. The van der Waals surface area contributed by atoms with Crippen molar-refractivity contribution in [2.45, 2.75) is 11.8 Å². The Labute approximate surface area is 134 Å². The summed E-state index contributed by atoms with van der Waals surface area (Å²) in [5, 5.41) is 13.5. The summed E-state index contributed by atoms with van der Waals surface area (Å²) < 4.78 is 28.4. The molecule has 118 valence electrons. The number of aryl methyl sites for hydroxylation is 1. The van der Waals surface area contributed by atoms with Gasteiger partial charge in [-0.15, -0.1) is 0 Å². The van der Waals surface area contributed by atoms with Crippen LogP contribution in [0.25, 0.3) is 22.4 Å². The van der Waals surface area contributed by atoms with E-state index in [1.54, 1.807) is 55.5 Å². The molecule has 1 N–H and O–H groups in total. The van der Waals surface area contributed by atoms with Crippen molar-refractivity contribution in [2.24, 2.45) is 0 Å². The quantitative estimate of drug-likeness (QED) is 0.796. The fourth-order valence-electron chi connectivity index (χ4n) is 2.40. The Morgan fingerprint density at radius 1 is 0.957 bits per heavy atom. The lowest BCUT2D eigenvalue weighted by molar-refractivity contribution is 0.400. The van der Waals surface area contributed by atoms with E-state index >= 15 is 0 Å². The number of aromatic hydroxyl groups is 1. The van der Waals surface area contributed by atoms with Crippen molar-refractivity contribution in [1.29, 1.82) is 0 Å². The second-order valence-corrected chi connectivity index (χ2v) is 7.32. The Balaban J connectivity index is 2.10. The van der Waals surface area contributed by atoms with Crippen LogP contribution >= 0.6 is 0 Å². The highest BCUT2D eigenvalue weighted by atomic mass is 32.2. The van der Waals surface area contributed by atoms with Gasteiger partial charge >= 0.3 is 0 Å². The maximum absolute atomic E-state index is 11.6. The third kappa shape index (κ3) is 2.98. The molecule has 5 nitrogen and oxygen atoms in total. The van der Waals surface area contributed by atoms with Crippen LogP contribution in [0.3, 0.4) is 0 Å². The summed E-state index contributed by atoms with van der Waals surface area (Å²) in [4.78, 5) is 0.265. The lowest BCUT2D eigenvalue weighted by Gasteiger charge is -2.05. The molecule has 3 rings (SSSR count). The molecular weight excluding hydrogens is 314 g/mol. The van der Waals surface area contributed by atoms with Gasteiger partial charge in [0.25, 0.3) is 0 Å². The number of hydrogen-bond donors (Lipinski definition) is 1. The zero-order chi connectivity index (χ0) is 16.6. The van der Waals surface area contributed by atoms with Gasteiger partial charge in [-0.25, -0.2) is 8.42 Å². The molecule has 1 heterocycles. The average molecular weight is 329 g/mol. The topological polar surface area (TPSA) is 80.4 Å². The number of rotatable bonds is 3. The van der Waals surface area contributed by atoms with Crippen molar-refractivity contribution in [2.75, 3.05) is 6.26 Å². The van der Waals surface area contributed by atoms with Crippen LogP contribution in [-0.4, -0.2) is 24.9 Å². The van der Waals surface area contributed by atoms with Gasteiger partial charge in [0.1, 0.15) is 17.2 Å². The van der Waals surface area contributed by atoms with Crippen molar-refractivity contribution in [3.05, 3.63) is 54.3 Å². The number of phenols is 1. The van der Waals surface area contributed by atoms with Crippen molar-refractivity contribution in [1.82, 2.24) is 5.16 Å². The molecular formula is C17H15NO4S. The predicted molar refractivity (Wildman–Crippen MR) is 86.9 cm³/mol. The molecule has 0 saturated heterocycles. The Kier molecular flexibility index (Phi) is 3.69. The minimum absolute atomic E-state index is 0.174. The molecule has 23 heavy (non-hydrogen) atoms. The number of phenolic OH excluding ortho intramolecular Hbond substituents is 1. The molecule has 0 saturated carbocycles. The zero-order valence-corrected chi connectivity index (χ0v) is 13.5. The lowest BCUT2D eigenvalue weighted by Crippen LogP contribution is -1.96. The van der Waals surface area contributed by atoms with E-state index in [-0.39, 0.29) is 10.6 Å². The Bertz CT molecular complexity index is 939. The molecule has 0 aliphatic carbocycles. The van der Waals surface area contributed by atoms with Gasteiger partial charge in [0.05, 0.1) is 10.5 Å². The maximum Gasteiger partial charge on any atom is 0.175 e. The lowest BCUT2D eigenvalue weighted by atomic mass is 9.99. The van der Waals surface area contributed by atoms with Crippen molar-refractivity contribution < 1.29 is 18.0 Å². The smallest absolute Gasteiger partial charge is 0.175 e. The standard InChI is InChI=1S/C17H15NO4S/c1-11-16(12-5-9-15(10-6-12)23(2,20)21)17(18-22-11)13-3-7-14(19)8-4-13/h3-10,19H,1-2H3. The molecule has 6 heteroatoms. The van der Waals surface area contributed by atoms with Crippen LogP contribution in [0.2, 0.25) is 0 Å². The molecule has 0 fully saturated rings. The van der Waals surface area contributed by atoms with E-state index in [9.17, 15) is 13.5 Å². The third-order valence-corrected chi connectivity index (χ3v) is 4.70. The summed E-state index contributed by atoms with van der Waals surface area (Å²) in [5.41, 5.74) is 3.08. The number of aromatic nitrogens is 1. The van der Waals surface area contributed by atoms with Crippen LogP contribution in [-0.2, 0) is 9.84 Å². The Hall–Kier alpha value is -2.60. The number of nitrogens with zero attached hydrogens (tertiary/aromatic N) is 1. The molecule has 3 aromatic rings. The first-order valence-electron chi connectivity index (χ1n) is 6.92. The van der Waals surface area contributed by atoms with Gasteiger partial charge in [-0.2, -0.15) is 0 Å². The molecule has 0 bridgehead atoms. The van der Waals surface area contributed by atoms with Crippen LogP contribution < -0.4 is 0 Å². The van der Waals surface area contributed by atoms with Crippen molar-refractivity contribution in [3.63, 3.8) is 0 Å². The monoisotopic (exact) mass is 329 g/mol. The molecule has 0 amide bonds. The highest BCUT2D eigenvalue weighted by Gasteiger charge is 2.17. The fraction of sp³-hybridized carbons (Fsp3) is 0.118. The second-order valence-electron chi connectivity index (χ2n) is 5.31. The summed E-state index contributed by atoms with van der Waals surface area (Å²) >= 11 is 0. The SMILES string of the molecule is Cc1onc(-c2ccc(O)cc2)c1-c1ccc(S(C)(=O)=O)cc1. The van der Waals surface area contributed by atoms with Crippen molar-refractivity contribution in [3.8, 4) is 28.1 Å². The van der Waals surface area contributed by atoms with E-state index in [0.29, 0.717) is 11.5 Å². The highest BCUT2D eigenvalue weighted by Crippen LogP contribution is 2.35. The van der Waals surface area contributed by atoms with E-state index in [1.807, 2.05) is 0 Å². The molecule has 0 spiro atoms. The third-order valence-electron chi connectivity index (χ3n) is 3.57. The van der Waals surface area contributed by atoms with E-state index in [4.69, 9.17) is 4.52 Å². The normalized spacial score (nSPS) is 11.6. The van der Waals surface area contributed by atoms with E-state index < -0.39 is 9.84 Å². The largest absolute Gasteiger partial charge is 0.508 e. The van der Waals surface area contributed by atoms with Crippen LogP contribution in [0, 0.1) is 6.92 Å². The van der Waals surface area contributed by atoms with Gasteiger partial charge in [-0.1, -0.05) is 17.3 Å². The molecule has 0 aliphatic rings. The summed E-state index contributed by atoms with van der Waals surface area (Å²) in [6.07, 6.45) is 1.18.